The molecular weight excluding hydrogens is 408 g/mol. The molecule has 0 radical (unpaired) electrons. The van der Waals surface area contributed by atoms with Crippen molar-refractivity contribution < 1.29 is 4.79 Å². The van der Waals surface area contributed by atoms with Gasteiger partial charge >= 0.3 is 0 Å². The summed E-state index contributed by atoms with van der Waals surface area (Å²) in [7, 11) is 0. The molecule has 2 aromatic rings. The number of ketones is 1. The van der Waals surface area contributed by atoms with Gasteiger partial charge in [0.05, 0.1) is 6.20 Å². The predicted molar refractivity (Wildman–Crippen MR) is 125 cm³/mol. The minimum Gasteiger partial charge on any atom is -0.384 e. The summed E-state index contributed by atoms with van der Waals surface area (Å²) < 4.78 is 0. The smallest absolute Gasteiger partial charge is 0.158 e. The molecule has 5 rings (SSSR count). The van der Waals surface area contributed by atoms with Crippen LogP contribution >= 0.6 is 11.8 Å². The fourth-order valence-electron chi connectivity index (χ4n) is 5.37. The number of nitrogens with zero attached hydrogens (tertiary/aromatic N) is 3. The monoisotopic (exact) mass is 438 g/mol. The zero-order chi connectivity index (χ0) is 21.8. The number of nitrogens with two attached hydrogens (primary N) is 2. The maximum absolute atomic E-state index is 11.9. The van der Waals surface area contributed by atoms with Gasteiger partial charge in [-0.3, -0.25) is 4.79 Å². The van der Waals surface area contributed by atoms with E-state index in [4.69, 9.17) is 11.5 Å². The minimum absolute atomic E-state index is 0.0107. The first-order valence-corrected chi connectivity index (χ1v) is 11.8. The number of nitrogens with one attached hydrogen (secondary N) is 1. The number of aromatic nitrogens is 2. The van der Waals surface area contributed by atoms with Crippen molar-refractivity contribution in [3.05, 3.63) is 30.0 Å². The fourth-order valence-corrected chi connectivity index (χ4v) is 6.47. The highest BCUT2D eigenvalue weighted by Crippen LogP contribution is 2.46. The van der Waals surface area contributed by atoms with Crippen LogP contribution in [0.3, 0.4) is 0 Å². The van der Waals surface area contributed by atoms with E-state index in [9.17, 15) is 4.79 Å². The summed E-state index contributed by atoms with van der Waals surface area (Å²) in [5.41, 5.74) is 15.2. The van der Waals surface area contributed by atoms with Crippen molar-refractivity contribution in [3.8, 4) is 0 Å². The van der Waals surface area contributed by atoms with Crippen molar-refractivity contribution in [3.63, 3.8) is 0 Å². The van der Waals surface area contributed by atoms with E-state index in [0.717, 1.165) is 43.3 Å². The summed E-state index contributed by atoms with van der Waals surface area (Å²) in [6, 6.07) is 6.31. The number of carbonyl (C=O) groups excluding carboxylic acids is 1. The number of nitrogen functional groups attached to an aromatic ring is 1. The number of benzene rings is 1. The van der Waals surface area contributed by atoms with Gasteiger partial charge in [0.2, 0.25) is 0 Å². The highest BCUT2D eigenvalue weighted by molar-refractivity contribution is 7.99. The van der Waals surface area contributed by atoms with Crippen LogP contribution in [0.1, 0.15) is 45.1 Å². The van der Waals surface area contributed by atoms with E-state index >= 15 is 0 Å². The van der Waals surface area contributed by atoms with Gasteiger partial charge in [-0.05, 0) is 36.0 Å². The summed E-state index contributed by atoms with van der Waals surface area (Å²) >= 11 is 1.58. The van der Waals surface area contributed by atoms with Crippen LogP contribution in [0, 0.1) is 5.41 Å². The van der Waals surface area contributed by atoms with Crippen LogP contribution in [0.2, 0.25) is 0 Å². The molecule has 1 aromatic carbocycles. The van der Waals surface area contributed by atoms with Gasteiger partial charge in [-0.25, -0.2) is 9.97 Å². The zero-order valence-electron chi connectivity index (χ0n) is 18.1. The van der Waals surface area contributed by atoms with Gasteiger partial charge in [-0.2, -0.15) is 0 Å². The van der Waals surface area contributed by atoms with Crippen molar-refractivity contribution in [1.82, 2.24) is 9.97 Å². The lowest BCUT2D eigenvalue weighted by Gasteiger charge is -2.41. The molecule has 1 atom stereocenters. The molecule has 31 heavy (non-hydrogen) atoms. The summed E-state index contributed by atoms with van der Waals surface area (Å²) in [6.45, 7) is 7.08. The lowest BCUT2D eigenvalue weighted by Crippen LogP contribution is -2.47. The molecule has 2 aliphatic heterocycles. The van der Waals surface area contributed by atoms with Crippen molar-refractivity contribution >= 4 is 34.9 Å². The van der Waals surface area contributed by atoms with Crippen LogP contribution in [0.4, 0.5) is 17.3 Å². The quantitative estimate of drug-likeness (QED) is 0.670. The van der Waals surface area contributed by atoms with Gasteiger partial charge in [-0.15, -0.1) is 0 Å². The van der Waals surface area contributed by atoms with Crippen molar-refractivity contribution in [2.75, 3.05) is 35.6 Å². The van der Waals surface area contributed by atoms with E-state index < -0.39 is 0 Å². The average molecular weight is 439 g/mol. The summed E-state index contributed by atoms with van der Waals surface area (Å²) in [5, 5.41) is 4.23. The maximum Gasteiger partial charge on any atom is 0.158 e. The Kier molecular flexibility index (Phi) is 4.90. The van der Waals surface area contributed by atoms with Crippen LogP contribution < -0.4 is 21.7 Å². The normalized spacial score (nSPS) is 23.8. The molecule has 0 bridgehead atoms. The first-order valence-electron chi connectivity index (χ1n) is 11.0. The number of rotatable bonds is 3. The van der Waals surface area contributed by atoms with Gasteiger partial charge in [0, 0.05) is 54.5 Å². The number of hydrogen-bond donors (Lipinski definition) is 3. The topological polar surface area (TPSA) is 110 Å². The molecular formula is C23H30N6OS. The van der Waals surface area contributed by atoms with E-state index in [1.54, 1.807) is 11.8 Å². The molecule has 1 aromatic heterocycles. The van der Waals surface area contributed by atoms with Crippen LogP contribution in [0.15, 0.2) is 34.3 Å². The second-order valence-corrected chi connectivity index (χ2v) is 10.8. The zero-order valence-corrected chi connectivity index (χ0v) is 19.0. The molecule has 7 nitrogen and oxygen atoms in total. The molecule has 8 heteroatoms. The molecule has 5 N–H and O–H groups in total. The summed E-state index contributed by atoms with van der Waals surface area (Å²) in [6.07, 6.45) is 4.79. The Morgan fingerprint density at radius 1 is 1.26 bits per heavy atom. The van der Waals surface area contributed by atoms with Crippen molar-refractivity contribution in [2.45, 2.75) is 60.9 Å². The Morgan fingerprint density at radius 3 is 2.71 bits per heavy atom. The Hall–Kier alpha value is -2.32. The molecule has 1 saturated carbocycles. The molecule has 1 spiro atoms. The highest BCUT2D eigenvalue weighted by atomic mass is 32.2. The van der Waals surface area contributed by atoms with Crippen LogP contribution in [0.5, 0.6) is 0 Å². The molecule has 2 fully saturated rings. The maximum atomic E-state index is 11.9. The largest absolute Gasteiger partial charge is 0.384 e. The SMILES string of the molecule is CC1(C)CNc2cccc(Sc3ncc(N4CCC5(CC4)CC(=O)C[C@@H]5N)nc3N)c21. The highest BCUT2D eigenvalue weighted by Gasteiger charge is 2.46. The summed E-state index contributed by atoms with van der Waals surface area (Å²) in [5.74, 6) is 1.56. The minimum atomic E-state index is -0.0309. The predicted octanol–water partition coefficient (Wildman–Crippen LogP) is 3.19. The molecule has 164 valence electrons. The average Bonchev–Trinajstić information content (AvgIpc) is 3.19. The fraction of sp³-hybridized carbons (Fsp3) is 0.522. The Bertz CT molecular complexity index is 1030. The van der Waals surface area contributed by atoms with Crippen LogP contribution in [-0.2, 0) is 10.2 Å². The third kappa shape index (κ3) is 3.55. The van der Waals surface area contributed by atoms with E-state index in [-0.39, 0.29) is 16.9 Å². The number of carbonyl (C=O) groups is 1. The van der Waals surface area contributed by atoms with Crippen LogP contribution in [-0.4, -0.2) is 41.4 Å². The summed E-state index contributed by atoms with van der Waals surface area (Å²) in [4.78, 5) is 24.6. The van der Waals surface area contributed by atoms with E-state index in [1.165, 1.54) is 16.1 Å². The van der Waals surface area contributed by atoms with Gasteiger partial charge in [-0.1, -0.05) is 31.7 Å². The number of anilines is 3. The van der Waals surface area contributed by atoms with Crippen LogP contribution in [0.25, 0.3) is 0 Å². The van der Waals surface area contributed by atoms with Gasteiger partial charge < -0.3 is 21.7 Å². The lowest BCUT2D eigenvalue weighted by atomic mass is 9.74. The molecule has 0 amide bonds. The molecule has 1 aliphatic carbocycles. The lowest BCUT2D eigenvalue weighted by molar-refractivity contribution is -0.118. The standard InChI is InChI=1S/C23H30N6OS/c1-22(2)13-27-15-4-3-5-16(19(15)22)31-21-20(25)28-18(12-26-21)29-8-6-23(7-9-29)11-14(30)10-17(23)24/h3-5,12,17,27H,6-11,13,24H2,1-2H3,(H2,25,28)/t17-/m0/s1. The molecule has 3 heterocycles. The molecule has 3 aliphatic rings. The van der Waals surface area contributed by atoms with E-state index in [1.807, 2.05) is 6.20 Å². The second-order valence-electron chi connectivity index (χ2n) is 9.81. The first kappa shape index (κ1) is 20.6. The van der Waals surface area contributed by atoms with Gasteiger partial charge in [0.15, 0.2) is 5.82 Å². The van der Waals surface area contributed by atoms with Gasteiger partial charge in [0.1, 0.15) is 16.6 Å². The molecule has 0 unspecified atom stereocenters. The molecule has 1 saturated heterocycles. The Morgan fingerprint density at radius 2 is 2.03 bits per heavy atom. The Balaban J connectivity index is 1.32. The van der Waals surface area contributed by atoms with Crippen molar-refractivity contribution in [2.24, 2.45) is 11.1 Å². The first-order chi connectivity index (χ1) is 14.8. The number of hydrogen-bond acceptors (Lipinski definition) is 8. The van der Waals surface area contributed by atoms with E-state index in [0.29, 0.717) is 24.4 Å². The third-order valence-corrected chi connectivity index (χ3v) is 8.32. The van der Waals surface area contributed by atoms with Crippen molar-refractivity contribution in [1.29, 1.82) is 0 Å². The second kappa shape index (κ2) is 7.38. The van der Waals surface area contributed by atoms with Gasteiger partial charge in [0.25, 0.3) is 0 Å². The number of Topliss-reactive ketones (excluding diaryl/α,β-unsaturated/α-hetero) is 1. The number of fused-ring (bicyclic) bond motifs is 1. The Labute approximate surface area is 187 Å². The number of piperidine rings is 1. The third-order valence-electron chi connectivity index (χ3n) is 7.25. The van der Waals surface area contributed by atoms with E-state index in [2.05, 4.69) is 52.2 Å².